The van der Waals surface area contributed by atoms with Crippen LogP contribution < -0.4 is 5.22 Å². The third kappa shape index (κ3) is 2.54. The largest absolute Gasteiger partial charge is 0.0622 e. The molecule has 0 radical (unpaired) electrons. The van der Waals surface area contributed by atoms with Crippen LogP contribution in [0.5, 0.6) is 0 Å². The van der Waals surface area contributed by atoms with Crippen molar-refractivity contribution < 1.29 is 0 Å². The summed E-state index contributed by atoms with van der Waals surface area (Å²) in [5.41, 5.74) is 3.76. The van der Waals surface area contributed by atoms with Crippen LogP contribution in [0, 0.1) is 0 Å². The first-order valence-corrected chi connectivity index (χ1v) is 10.4. The zero-order valence-corrected chi connectivity index (χ0v) is 16.5. The molecule has 0 heteroatoms. The van der Waals surface area contributed by atoms with Crippen LogP contribution in [0.15, 0.2) is 121 Å². The summed E-state index contributed by atoms with van der Waals surface area (Å²) in [6.45, 7) is 0. The van der Waals surface area contributed by atoms with E-state index in [-0.39, 0.29) is 0 Å². The zero-order chi connectivity index (χ0) is 19.9. The molecule has 30 heavy (non-hydrogen) atoms. The average Bonchev–Trinajstić information content (AvgIpc) is 2.83. The summed E-state index contributed by atoms with van der Waals surface area (Å²) < 4.78 is 0. The van der Waals surface area contributed by atoms with E-state index < -0.39 is 0 Å². The Morgan fingerprint density at radius 2 is 0.867 bits per heavy atom. The molecule has 0 unspecified atom stereocenters. The molecule has 0 fully saturated rings. The molecule has 0 aliphatic carbocycles. The summed E-state index contributed by atoms with van der Waals surface area (Å²) in [6.07, 6.45) is 0. The van der Waals surface area contributed by atoms with Gasteiger partial charge in [-0.05, 0) is 54.2 Å². The van der Waals surface area contributed by atoms with Crippen LogP contribution in [0.3, 0.4) is 0 Å². The van der Waals surface area contributed by atoms with Gasteiger partial charge < -0.3 is 0 Å². The predicted molar refractivity (Wildman–Crippen MR) is 129 cm³/mol. The van der Waals surface area contributed by atoms with Gasteiger partial charge in [-0.1, -0.05) is 121 Å². The Bertz CT molecular complexity index is 1510. The van der Waals surface area contributed by atoms with E-state index in [1.165, 1.54) is 54.2 Å². The minimum atomic E-state index is 1.24. The zero-order valence-electron chi connectivity index (χ0n) is 16.5. The van der Waals surface area contributed by atoms with E-state index >= 15 is 0 Å². The molecule has 140 valence electrons. The second kappa shape index (κ2) is 6.86. The summed E-state index contributed by atoms with van der Waals surface area (Å²) in [5, 5.41) is 9.18. The summed E-state index contributed by atoms with van der Waals surface area (Å²) in [6, 6.07) is 43.7. The lowest BCUT2D eigenvalue weighted by Crippen LogP contribution is -2.12. The SMILES string of the molecule is c1ccc(C(c2ccccc2)=c2c3ccccc3c3cccc4cccc2c43)cc1. The van der Waals surface area contributed by atoms with E-state index in [0.29, 0.717) is 0 Å². The van der Waals surface area contributed by atoms with Crippen molar-refractivity contribution in [2.24, 2.45) is 0 Å². The second-order valence-corrected chi connectivity index (χ2v) is 7.74. The summed E-state index contributed by atoms with van der Waals surface area (Å²) >= 11 is 0. The van der Waals surface area contributed by atoms with Gasteiger partial charge in [0.1, 0.15) is 0 Å². The molecule has 0 spiro atoms. The highest BCUT2D eigenvalue weighted by atomic mass is 14.2. The Morgan fingerprint density at radius 3 is 1.50 bits per heavy atom. The van der Waals surface area contributed by atoms with Gasteiger partial charge in [0, 0.05) is 0 Å². The molecule has 0 saturated carbocycles. The fourth-order valence-electron chi connectivity index (χ4n) is 4.79. The Balaban J connectivity index is 1.99. The van der Waals surface area contributed by atoms with Crippen molar-refractivity contribution in [3.63, 3.8) is 0 Å². The number of hydrogen-bond donors (Lipinski definition) is 0. The molecule has 0 saturated heterocycles. The molecule has 6 aromatic carbocycles. The molecule has 6 aromatic rings. The first-order valence-electron chi connectivity index (χ1n) is 10.4. The summed E-state index contributed by atoms with van der Waals surface area (Å²) in [4.78, 5) is 0. The highest BCUT2D eigenvalue weighted by Gasteiger charge is 2.14. The van der Waals surface area contributed by atoms with Crippen molar-refractivity contribution in [2.45, 2.75) is 0 Å². The number of hydrogen-bond acceptors (Lipinski definition) is 0. The molecule has 0 amide bonds. The van der Waals surface area contributed by atoms with Gasteiger partial charge in [0.25, 0.3) is 0 Å². The fraction of sp³-hybridized carbons (Fsp3) is 0. The monoisotopic (exact) mass is 380 g/mol. The van der Waals surface area contributed by atoms with Gasteiger partial charge in [0.05, 0.1) is 0 Å². The van der Waals surface area contributed by atoms with Crippen molar-refractivity contribution >= 4 is 37.9 Å². The lowest BCUT2D eigenvalue weighted by atomic mass is 9.87. The quantitative estimate of drug-likeness (QED) is 0.222. The number of rotatable bonds is 2. The van der Waals surface area contributed by atoms with Crippen LogP contribution in [0.4, 0.5) is 0 Å². The first-order chi connectivity index (χ1) is 14.9. The van der Waals surface area contributed by atoms with E-state index in [1.807, 2.05) is 0 Å². The molecule has 0 nitrogen and oxygen atoms in total. The molecule has 0 aliphatic rings. The first kappa shape index (κ1) is 17.0. The standard InChI is InChI=1S/C30H20/c1-3-11-21(12-4-1)28(22-13-5-2-6-14-22)30-26-18-8-7-17-24(26)25-19-9-15-23-16-10-20-27(30)29(23)25/h1-20H. The molecule has 0 aromatic heterocycles. The topological polar surface area (TPSA) is 0 Å². The van der Waals surface area contributed by atoms with Crippen molar-refractivity contribution in [3.05, 3.63) is 138 Å². The molecular formula is C30H20. The van der Waals surface area contributed by atoms with Crippen LogP contribution in [0.2, 0.25) is 0 Å². The minimum Gasteiger partial charge on any atom is -0.0622 e. The van der Waals surface area contributed by atoms with Crippen LogP contribution in [0.25, 0.3) is 37.9 Å². The van der Waals surface area contributed by atoms with Crippen LogP contribution in [-0.4, -0.2) is 0 Å². The Labute approximate surface area is 175 Å². The Kier molecular flexibility index (Phi) is 3.89. The average molecular weight is 380 g/mol. The summed E-state index contributed by atoms with van der Waals surface area (Å²) in [5.74, 6) is 0. The molecular weight excluding hydrogens is 360 g/mol. The van der Waals surface area contributed by atoms with Gasteiger partial charge >= 0.3 is 0 Å². The van der Waals surface area contributed by atoms with Gasteiger partial charge in [-0.25, -0.2) is 0 Å². The minimum absolute atomic E-state index is 1.24. The molecule has 6 rings (SSSR count). The van der Waals surface area contributed by atoms with E-state index in [4.69, 9.17) is 0 Å². The normalized spacial score (nSPS) is 11.3. The fourth-order valence-corrected chi connectivity index (χ4v) is 4.79. The number of fused-ring (bicyclic) bond motifs is 2. The lowest BCUT2D eigenvalue weighted by Gasteiger charge is -2.16. The smallest absolute Gasteiger partial charge is 0.00141 e. The molecule has 0 bridgehead atoms. The van der Waals surface area contributed by atoms with Crippen molar-refractivity contribution in [1.29, 1.82) is 0 Å². The van der Waals surface area contributed by atoms with Crippen molar-refractivity contribution in [1.82, 2.24) is 0 Å². The van der Waals surface area contributed by atoms with Gasteiger partial charge in [-0.3, -0.25) is 0 Å². The van der Waals surface area contributed by atoms with Crippen LogP contribution >= 0.6 is 0 Å². The van der Waals surface area contributed by atoms with Crippen molar-refractivity contribution in [2.75, 3.05) is 0 Å². The maximum Gasteiger partial charge on any atom is -0.00141 e. The third-order valence-corrected chi connectivity index (χ3v) is 6.04. The summed E-state index contributed by atoms with van der Waals surface area (Å²) in [7, 11) is 0. The van der Waals surface area contributed by atoms with E-state index in [0.717, 1.165) is 0 Å². The van der Waals surface area contributed by atoms with Gasteiger partial charge in [-0.15, -0.1) is 0 Å². The van der Waals surface area contributed by atoms with E-state index in [1.54, 1.807) is 0 Å². The van der Waals surface area contributed by atoms with Gasteiger partial charge in [0.15, 0.2) is 0 Å². The van der Waals surface area contributed by atoms with Gasteiger partial charge in [0.2, 0.25) is 0 Å². The Morgan fingerprint density at radius 1 is 0.367 bits per heavy atom. The highest BCUT2D eigenvalue weighted by Crippen LogP contribution is 2.32. The maximum absolute atomic E-state index is 2.28. The Hall–Kier alpha value is -3.90. The molecule has 0 aliphatic heterocycles. The number of benzene rings is 6. The van der Waals surface area contributed by atoms with Crippen LogP contribution in [0.1, 0.15) is 11.1 Å². The maximum atomic E-state index is 2.28. The third-order valence-electron chi connectivity index (χ3n) is 6.04. The highest BCUT2D eigenvalue weighted by molar-refractivity contribution is 6.22. The van der Waals surface area contributed by atoms with Gasteiger partial charge in [-0.2, -0.15) is 0 Å². The molecule has 0 heterocycles. The van der Waals surface area contributed by atoms with Crippen LogP contribution in [-0.2, 0) is 0 Å². The second-order valence-electron chi connectivity index (χ2n) is 7.74. The lowest BCUT2D eigenvalue weighted by molar-refractivity contribution is 1.52. The molecule has 0 atom stereocenters. The molecule has 0 N–H and O–H groups in total. The predicted octanol–water partition coefficient (Wildman–Crippen LogP) is 7.11. The van der Waals surface area contributed by atoms with E-state index in [2.05, 4.69) is 121 Å². The van der Waals surface area contributed by atoms with Crippen molar-refractivity contribution in [3.8, 4) is 0 Å². The van der Waals surface area contributed by atoms with E-state index in [9.17, 15) is 0 Å².